The van der Waals surface area contributed by atoms with E-state index in [-0.39, 0.29) is 30.0 Å². The number of aryl methyl sites for hydroxylation is 2. The molecule has 1 aromatic heterocycles. The van der Waals surface area contributed by atoms with Gasteiger partial charge < -0.3 is 4.90 Å². The molecule has 0 N–H and O–H groups in total. The van der Waals surface area contributed by atoms with Gasteiger partial charge in [0.15, 0.2) is 0 Å². The summed E-state index contributed by atoms with van der Waals surface area (Å²) in [6, 6.07) is 9.42. The number of benzene rings is 1. The van der Waals surface area contributed by atoms with Crippen LogP contribution in [0.5, 0.6) is 0 Å². The minimum Gasteiger partial charge on any atom is -0.329 e. The third-order valence-corrected chi connectivity index (χ3v) is 5.06. The summed E-state index contributed by atoms with van der Waals surface area (Å²) >= 11 is 8.76. The third kappa shape index (κ3) is 4.14. The van der Waals surface area contributed by atoms with Gasteiger partial charge in [-0.05, 0) is 56.8 Å². The van der Waals surface area contributed by atoms with Crippen LogP contribution in [-0.4, -0.2) is 55.4 Å². The minimum absolute atomic E-state index is 0.0149. The van der Waals surface area contributed by atoms with E-state index >= 15 is 0 Å². The van der Waals surface area contributed by atoms with Crippen molar-refractivity contribution in [3.05, 3.63) is 51.8 Å². The number of hydrazone groups is 1. The maximum absolute atomic E-state index is 12.5. The normalized spacial score (nSPS) is 15.0. The topological polar surface area (TPSA) is 70.8 Å². The highest BCUT2D eigenvalue weighted by Gasteiger charge is 2.34. The SMILES string of the molecule is C/C(=N\N1C(=O)CN(CC(=O)n2nc(C)cc2C)C1=S)c1ccc(Br)cc1. The first-order valence-electron chi connectivity index (χ1n) is 8.25. The van der Waals surface area contributed by atoms with Crippen molar-refractivity contribution < 1.29 is 9.59 Å². The van der Waals surface area contributed by atoms with Gasteiger partial charge in [-0.1, -0.05) is 28.1 Å². The van der Waals surface area contributed by atoms with Gasteiger partial charge in [-0.15, -0.1) is 0 Å². The molecule has 1 aromatic carbocycles. The predicted molar refractivity (Wildman–Crippen MR) is 110 cm³/mol. The number of amides is 1. The van der Waals surface area contributed by atoms with Crippen molar-refractivity contribution in [2.24, 2.45) is 5.10 Å². The number of nitrogens with zero attached hydrogens (tertiary/aromatic N) is 5. The number of aromatic nitrogens is 2. The van der Waals surface area contributed by atoms with E-state index in [0.717, 1.165) is 21.4 Å². The quantitative estimate of drug-likeness (QED) is 0.532. The number of thiocarbonyl (C=S) groups is 1. The van der Waals surface area contributed by atoms with Crippen molar-refractivity contribution in [2.45, 2.75) is 20.8 Å². The van der Waals surface area contributed by atoms with Crippen LogP contribution in [0.15, 0.2) is 39.9 Å². The number of hydrogen-bond donors (Lipinski definition) is 0. The molecule has 0 bridgehead atoms. The lowest BCUT2D eigenvalue weighted by atomic mass is 10.1. The fourth-order valence-corrected chi connectivity index (χ4v) is 3.31. The van der Waals surface area contributed by atoms with Crippen molar-refractivity contribution in [2.75, 3.05) is 13.1 Å². The zero-order chi connectivity index (χ0) is 19.7. The number of carbonyl (C=O) groups is 2. The maximum atomic E-state index is 12.5. The zero-order valence-corrected chi connectivity index (χ0v) is 17.5. The van der Waals surface area contributed by atoms with Crippen LogP contribution in [0.25, 0.3) is 0 Å². The van der Waals surface area contributed by atoms with E-state index in [9.17, 15) is 9.59 Å². The van der Waals surface area contributed by atoms with Crippen LogP contribution < -0.4 is 0 Å². The first kappa shape index (κ1) is 19.4. The van der Waals surface area contributed by atoms with Crippen molar-refractivity contribution in [3.8, 4) is 0 Å². The van der Waals surface area contributed by atoms with Gasteiger partial charge in [0.05, 0.1) is 11.4 Å². The van der Waals surface area contributed by atoms with E-state index < -0.39 is 0 Å². The van der Waals surface area contributed by atoms with Crippen LogP contribution in [-0.2, 0) is 4.79 Å². The first-order valence-corrected chi connectivity index (χ1v) is 9.46. The fourth-order valence-electron chi connectivity index (χ4n) is 2.77. The highest BCUT2D eigenvalue weighted by atomic mass is 79.9. The third-order valence-electron chi connectivity index (χ3n) is 4.10. The van der Waals surface area contributed by atoms with Gasteiger partial charge in [0, 0.05) is 10.2 Å². The Bertz CT molecular complexity index is 951. The molecule has 27 heavy (non-hydrogen) atoms. The van der Waals surface area contributed by atoms with E-state index in [0.29, 0.717) is 5.71 Å². The monoisotopic (exact) mass is 447 g/mol. The van der Waals surface area contributed by atoms with Crippen LogP contribution in [0.1, 0.15) is 28.7 Å². The van der Waals surface area contributed by atoms with Crippen LogP contribution in [0.4, 0.5) is 0 Å². The predicted octanol–water partition coefficient (Wildman–Crippen LogP) is 2.76. The molecule has 7 nitrogen and oxygen atoms in total. The molecule has 1 saturated heterocycles. The Balaban J connectivity index is 1.74. The highest BCUT2D eigenvalue weighted by molar-refractivity contribution is 9.10. The molecule has 1 amide bonds. The molecular formula is C18H18BrN5O2S. The number of halogens is 1. The molecule has 0 spiro atoms. The van der Waals surface area contributed by atoms with Crippen LogP contribution in [0.2, 0.25) is 0 Å². The van der Waals surface area contributed by atoms with Gasteiger partial charge in [0.2, 0.25) is 5.11 Å². The standard InChI is InChI=1S/C18H18BrN5O2S/c1-11-8-12(2)23(20-11)16(25)9-22-10-17(26)24(18(22)27)21-13(3)14-4-6-15(19)7-5-14/h4-8H,9-10H2,1-3H3/b21-13+. The molecule has 3 rings (SSSR count). The Kier molecular flexibility index (Phi) is 5.52. The Labute approximate surface area is 170 Å². The summed E-state index contributed by atoms with van der Waals surface area (Å²) in [7, 11) is 0. The number of hydrogen-bond acceptors (Lipinski definition) is 5. The Morgan fingerprint density at radius 3 is 2.56 bits per heavy atom. The van der Waals surface area contributed by atoms with Crippen molar-refractivity contribution in [1.29, 1.82) is 0 Å². The van der Waals surface area contributed by atoms with Gasteiger partial charge in [-0.25, -0.2) is 4.68 Å². The Hall–Kier alpha value is -2.39. The molecule has 1 fully saturated rings. The van der Waals surface area contributed by atoms with Crippen molar-refractivity contribution in [1.82, 2.24) is 19.7 Å². The lowest BCUT2D eigenvalue weighted by molar-refractivity contribution is -0.125. The second kappa shape index (κ2) is 7.69. The molecule has 140 valence electrons. The van der Waals surface area contributed by atoms with Gasteiger partial charge >= 0.3 is 0 Å². The molecule has 1 aliphatic heterocycles. The zero-order valence-electron chi connectivity index (χ0n) is 15.1. The summed E-state index contributed by atoms with van der Waals surface area (Å²) < 4.78 is 2.29. The second-order valence-corrected chi connectivity index (χ2v) is 7.55. The fraction of sp³-hybridized carbons (Fsp3) is 0.278. The lowest BCUT2D eigenvalue weighted by Gasteiger charge is -2.17. The van der Waals surface area contributed by atoms with E-state index in [1.807, 2.05) is 51.1 Å². The summed E-state index contributed by atoms with van der Waals surface area (Å²) in [5.74, 6) is -0.510. The van der Waals surface area contributed by atoms with Crippen LogP contribution in [0.3, 0.4) is 0 Å². The Morgan fingerprint density at radius 1 is 1.30 bits per heavy atom. The van der Waals surface area contributed by atoms with E-state index in [2.05, 4.69) is 26.1 Å². The molecule has 0 aliphatic carbocycles. The number of carbonyl (C=O) groups excluding carboxylic acids is 2. The maximum Gasteiger partial charge on any atom is 0.269 e. The van der Waals surface area contributed by atoms with E-state index in [4.69, 9.17) is 12.2 Å². The molecule has 0 radical (unpaired) electrons. The molecule has 0 unspecified atom stereocenters. The number of rotatable bonds is 4. The molecule has 2 aromatic rings. The summed E-state index contributed by atoms with van der Waals surface area (Å²) in [4.78, 5) is 26.4. The van der Waals surface area contributed by atoms with Crippen molar-refractivity contribution >= 4 is 50.8 Å². The molecule has 0 saturated carbocycles. The highest BCUT2D eigenvalue weighted by Crippen LogP contribution is 2.15. The van der Waals surface area contributed by atoms with Crippen LogP contribution >= 0.6 is 28.1 Å². The molecule has 0 atom stereocenters. The largest absolute Gasteiger partial charge is 0.329 e. The summed E-state index contributed by atoms with van der Waals surface area (Å²) in [5, 5.41) is 9.93. The average Bonchev–Trinajstić information content (AvgIpc) is 3.08. The summed E-state index contributed by atoms with van der Waals surface area (Å²) in [6.45, 7) is 5.42. The van der Waals surface area contributed by atoms with Gasteiger partial charge in [-0.3, -0.25) is 9.59 Å². The van der Waals surface area contributed by atoms with Gasteiger partial charge in [0.25, 0.3) is 11.8 Å². The smallest absolute Gasteiger partial charge is 0.269 e. The second-order valence-electron chi connectivity index (χ2n) is 6.27. The van der Waals surface area contributed by atoms with Crippen LogP contribution in [0, 0.1) is 13.8 Å². The summed E-state index contributed by atoms with van der Waals surface area (Å²) in [6.07, 6.45) is 0. The Morgan fingerprint density at radius 2 is 1.96 bits per heavy atom. The van der Waals surface area contributed by atoms with E-state index in [1.54, 1.807) is 0 Å². The van der Waals surface area contributed by atoms with Gasteiger partial charge in [-0.2, -0.15) is 15.2 Å². The van der Waals surface area contributed by atoms with Crippen molar-refractivity contribution in [3.63, 3.8) is 0 Å². The van der Waals surface area contributed by atoms with Gasteiger partial charge in [0.1, 0.15) is 13.1 Å². The lowest BCUT2D eigenvalue weighted by Crippen LogP contribution is -2.36. The average molecular weight is 448 g/mol. The first-order chi connectivity index (χ1) is 12.8. The van der Waals surface area contributed by atoms with E-state index in [1.165, 1.54) is 14.6 Å². The summed E-state index contributed by atoms with van der Waals surface area (Å²) in [5.41, 5.74) is 3.04. The molecule has 2 heterocycles. The molecule has 9 heteroatoms. The molecular weight excluding hydrogens is 430 g/mol. The minimum atomic E-state index is -0.266. The molecule has 1 aliphatic rings.